The van der Waals surface area contributed by atoms with Crippen molar-refractivity contribution in [1.82, 2.24) is 15.5 Å². The molecule has 2 heterocycles. The molecule has 0 bridgehead atoms. The Hall–Kier alpha value is -2.31. The second-order valence-electron chi connectivity index (χ2n) is 5.34. The van der Waals surface area contributed by atoms with Crippen LogP contribution in [0.4, 0.5) is 0 Å². The quantitative estimate of drug-likeness (QED) is 0.802. The van der Waals surface area contributed by atoms with Crippen molar-refractivity contribution in [3.63, 3.8) is 0 Å². The Balaban J connectivity index is 1.67. The van der Waals surface area contributed by atoms with Gasteiger partial charge in [0.2, 0.25) is 11.8 Å². The van der Waals surface area contributed by atoms with E-state index in [4.69, 9.17) is 4.42 Å². The van der Waals surface area contributed by atoms with Crippen molar-refractivity contribution < 1.29 is 18.8 Å². The zero-order valence-electron chi connectivity index (χ0n) is 12.6. The van der Waals surface area contributed by atoms with Crippen LogP contribution in [0.15, 0.2) is 23.0 Å². The molecule has 3 amide bonds. The number of furan rings is 1. The maximum atomic E-state index is 11.9. The monoisotopic (exact) mass is 307 g/mol. The molecule has 1 aromatic heterocycles. The van der Waals surface area contributed by atoms with Crippen LogP contribution in [0.1, 0.15) is 36.5 Å². The van der Waals surface area contributed by atoms with Gasteiger partial charge in [-0.15, -0.1) is 0 Å². The lowest BCUT2D eigenvalue weighted by Gasteiger charge is -2.16. The summed E-state index contributed by atoms with van der Waals surface area (Å²) in [5.41, 5.74) is 0.365. The second kappa shape index (κ2) is 7.63. The standard InChI is InChI=1S/C15H21N3O4/c1-11(17-15(21)12-5-9-22-10-12)14(20)16-6-4-13(19)18-7-2-3-8-18/h5,9-11H,2-4,6-8H2,1H3,(H,16,20)(H,17,21)/t11-/m1/s1. The third-order valence-corrected chi connectivity index (χ3v) is 3.62. The molecule has 2 N–H and O–H groups in total. The van der Waals surface area contributed by atoms with E-state index in [1.165, 1.54) is 18.6 Å². The van der Waals surface area contributed by atoms with Gasteiger partial charge >= 0.3 is 0 Å². The lowest BCUT2D eigenvalue weighted by molar-refractivity contribution is -0.130. The Bertz CT molecular complexity index is 521. The number of nitrogens with one attached hydrogen (secondary N) is 2. The minimum Gasteiger partial charge on any atom is -0.472 e. The summed E-state index contributed by atoms with van der Waals surface area (Å²) >= 11 is 0. The van der Waals surface area contributed by atoms with E-state index in [9.17, 15) is 14.4 Å². The predicted octanol–water partition coefficient (Wildman–Crippen LogP) is 0.527. The van der Waals surface area contributed by atoms with Crippen LogP contribution in [-0.4, -0.2) is 48.3 Å². The number of carbonyl (C=O) groups excluding carboxylic acids is 3. The predicted molar refractivity (Wildman–Crippen MR) is 79.1 cm³/mol. The SMILES string of the molecule is C[C@@H](NC(=O)c1ccoc1)C(=O)NCCC(=O)N1CCCC1. The molecular formula is C15H21N3O4. The van der Waals surface area contributed by atoms with Gasteiger partial charge in [0.05, 0.1) is 11.8 Å². The molecule has 1 aliphatic heterocycles. The van der Waals surface area contributed by atoms with Gasteiger partial charge in [-0.2, -0.15) is 0 Å². The minimum atomic E-state index is -0.677. The lowest BCUT2D eigenvalue weighted by atomic mass is 10.2. The fraction of sp³-hybridized carbons (Fsp3) is 0.533. The summed E-state index contributed by atoms with van der Waals surface area (Å²) in [4.78, 5) is 37.3. The third-order valence-electron chi connectivity index (χ3n) is 3.62. The third kappa shape index (κ3) is 4.34. The Morgan fingerprint density at radius 2 is 2.05 bits per heavy atom. The average Bonchev–Trinajstić information content (AvgIpc) is 3.19. The van der Waals surface area contributed by atoms with E-state index in [0.29, 0.717) is 5.56 Å². The largest absolute Gasteiger partial charge is 0.472 e. The van der Waals surface area contributed by atoms with Gasteiger partial charge in [0, 0.05) is 26.1 Å². The summed E-state index contributed by atoms with van der Waals surface area (Å²) in [6, 6.07) is 0.846. The Labute approximate surface area is 129 Å². The summed E-state index contributed by atoms with van der Waals surface area (Å²) in [6.07, 6.45) is 5.09. The molecule has 7 heteroatoms. The van der Waals surface area contributed by atoms with Gasteiger partial charge in [0.1, 0.15) is 12.3 Å². The second-order valence-corrected chi connectivity index (χ2v) is 5.34. The molecule has 22 heavy (non-hydrogen) atoms. The van der Waals surface area contributed by atoms with Crippen LogP contribution in [0.2, 0.25) is 0 Å². The van der Waals surface area contributed by atoms with Crippen molar-refractivity contribution in [2.75, 3.05) is 19.6 Å². The molecule has 1 fully saturated rings. The molecule has 1 aliphatic rings. The van der Waals surface area contributed by atoms with Crippen LogP contribution in [-0.2, 0) is 9.59 Å². The van der Waals surface area contributed by atoms with Crippen molar-refractivity contribution >= 4 is 17.7 Å². The lowest BCUT2D eigenvalue weighted by Crippen LogP contribution is -2.45. The van der Waals surface area contributed by atoms with Crippen molar-refractivity contribution in [1.29, 1.82) is 0 Å². The zero-order valence-corrected chi connectivity index (χ0v) is 12.6. The molecule has 1 saturated heterocycles. The number of hydrogen-bond donors (Lipinski definition) is 2. The van der Waals surface area contributed by atoms with Crippen LogP contribution in [0.25, 0.3) is 0 Å². The first-order valence-corrected chi connectivity index (χ1v) is 7.46. The molecule has 0 aromatic carbocycles. The smallest absolute Gasteiger partial charge is 0.255 e. The Morgan fingerprint density at radius 1 is 1.32 bits per heavy atom. The van der Waals surface area contributed by atoms with Crippen LogP contribution < -0.4 is 10.6 Å². The van der Waals surface area contributed by atoms with E-state index in [2.05, 4.69) is 10.6 Å². The summed E-state index contributed by atoms with van der Waals surface area (Å²) in [7, 11) is 0. The van der Waals surface area contributed by atoms with E-state index in [1.54, 1.807) is 6.92 Å². The molecule has 1 aromatic rings. The first kappa shape index (κ1) is 16.1. The number of likely N-dealkylation sites (tertiary alicyclic amines) is 1. The maximum absolute atomic E-state index is 11.9. The van der Waals surface area contributed by atoms with Crippen LogP contribution >= 0.6 is 0 Å². The number of nitrogens with zero attached hydrogens (tertiary/aromatic N) is 1. The van der Waals surface area contributed by atoms with Gasteiger partial charge in [0.15, 0.2) is 0 Å². The molecule has 0 radical (unpaired) electrons. The molecule has 1 atom stereocenters. The van der Waals surface area contributed by atoms with E-state index in [-0.39, 0.29) is 30.7 Å². The van der Waals surface area contributed by atoms with Crippen molar-refractivity contribution in [2.45, 2.75) is 32.2 Å². The van der Waals surface area contributed by atoms with Crippen LogP contribution in [0, 0.1) is 0 Å². The molecule has 0 spiro atoms. The highest BCUT2D eigenvalue weighted by molar-refractivity contribution is 5.97. The van der Waals surface area contributed by atoms with E-state index >= 15 is 0 Å². The molecule has 7 nitrogen and oxygen atoms in total. The highest BCUT2D eigenvalue weighted by Gasteiger charge is 2.19. The van der Waals surface area contributed by atoms with E-state index in [0.717, 1.165) is 25.9 Å². The highest BCUT2D eigenvalue weighted by atomic mass is 16.3. The van der Waals surface area contributed by atoms with Crippen molar-refractivity contribution in [3.8, 4) is 0 Å². The van der Waals surface area contributed by atoms with Crippen molar-refractivity contribution in [2.24, 2.45) is 0 Å². The molecule has 0 saturated carbocycles. The average molecular weight is 307 g/mol. The minimum absolute atomic E-state index is 0.0629. The summed E-state index contributed by atoms with van der Waals surface area (Å²) in [6.45, 7) is 3.49. The fourth-order valence-electron chi connectivity index (χ4n) is 2.31. The number of amides is 3. The maximum Gasteiger partial charge on any atom is 0.255 e. The van der Waals surface area contributed by atoms with Crippen LogP contribution in [0.3, 0.4) is 0 Å². The number of rotatable bonds is 6. The Kier molecular flexibility index (Phi) is 5.57. The first-order chi connectivity index (χ1) is 10.6. The zero-order chi connectivity index (χ0) is 15.9. The van der Waals surface area contributed by atoms with E-state index in [1.807, 2.05) is 4.90 Å². The van der Waals surface area contributed by atoms with Gasteiger partial charge in [-0.1, -0.05) is 0 Å². The highest BCUT2D eigenvalue weighted by Crippen LogP contribution is 2.08. The van der Waals surface area contributed by atoms with Gasteiger partial charge in [0.25, 0.3) is 5.91 Å². The molecule has 0 aliphatic carbocycles. The topological polar surface area (TPSA) is 91.6 Å². The molecule has 0 unspecified atom stereocenters. The Morgan fingerprint density at radius 3 is 2.68 bits per heavy atom. The number of hydrogen-bond acceptors (Lipinski definition) is 4. The summed E-state index contributed by atoms with van der Waals surface area (Å²) < 4.78 is 4.81. The fourth-order valence-corrected chi connectivity index (χ4v) is 2.31. The van der Waals surface area contributed by atoms with Gasteiger partial charge in [-0.3, -0.25) is 14.4 Å². The van der Waals surface area contributed by atoms with E-state index < -0.39 is 6.04 Å². The molecular weight excluding hydrogens is 286 g/mol. The summed E-state index contributed by atoms with van der Waals surface area (Å²) in [5, 5.41) is 5.23. The summed E-state index contributed by atoms with van der Waals surface area (Å²) in [5.74, 6) is -0.622. The normalized spacial score (nSPS) is 15.4. The first-order valence-electron chi connectivity index (χ1n) is 7.46. The molecule has 2 rings (SSSR count). The van der Waals surface area contributed by atoms with Crippen LogP contribution in [0.5, 0.6) is 0 Å². The van der Waals surface area contributed by atoms with Gasteiger partial charge in [-0.25, -0.2) is 0 Å². The number of carbonyl (C=O) groups is 3. The molecule has 120 valence electrons. The van der Waals surface area contributed by atoms with Crippen molar-refractivity contribution in [3.05, 3.63) is 24.2 Å². The van der Waals surface area contributed by atoms with Gasteiger partial charge in [-0.05, 0) is 25.8 Å². The van der Waals surface area contributed by atoms with Gasteiger partial charge < -0.3 is 20.0 Å².